The summed E-state index contributed by atoms with van der Waals surface area (Å²) in [4.78, 5) is 0. The molecule has 0 fully saturated rings. The van der Waals surface area contributed by atoms with Crippen LogP contribution in [-0.4, -0.2) is 19.2 Å². The Labute approximate surface area is 104 Å². The third kappa shape index (κ3) is 5.99. The standard InChI is InChI=1S/C15H21NO/c1-3-5-9-14(16-12-4-2)13-17-15-10-7-6-8-11-15/h1,6-8,10-11,14,16H,4-5,9,12-13H2,2H3. The molecule has 0 aromatic heterocycles. The summed E-state index contributed by atoms with van der Waals surface area (Å²) in [6.07, 6.45) is 8.17. The Balaban J connectivity index is 2.35. The van der Waals surface area contributed by atoms with Crippen molar-refractivity contribution in [2.24, 2.45) is 0 Å². The van der Waals surface area contributed by atoms with E-state index < -0.39 is 0 Å². The van der Waals surface area contributed by atoms with Gasteiger partial charge in [0, 0.05) is 12.5 Å². The normalized spacial score (nSPS) is 11.8. The highest BCUT2D eigenvalue weighted by Crippen LogP contribution is 2.09. The average molecular weight is 231 g/mol. The van der Waals surface area contributed by atoms with Crippen molar-refractivity contribution in [3.8, 4) is 18.1 Å². The second-order valence-electron chi connectivity index (χ2n) is 4.02. The zero-order chi connectivity index (χ0) is 12.3. The van der Waals surface area contributed by atoms with Gasteiger partial charge in [0.2, 0.25) is 0 Å². The van der Waals surface area contributed by atoms with E-state index in [1.54, 1.807) is 0 Å². The molecule has 1 aromatic carbocycles. The van der Waals surface area contributed by atoms with Crippen molar-refractivity contribution in [2.75, 3.05) is 13.2 Å². The highest BCUT2D eigenvalue weighted by molar-refractivity contribution is 5.20. The lowest BCUT2D eigenvalue weighted by Crippen LogP contribution is -2.35. The smallest absolute Gasteiger partial charge is 0.119 e. The van der Waals surface area contributed by atoms with Crippen molar-refractivity contribution < 1.29 is 4.74 Å². The lowest BCUT2D eigenvalue weighted by Gasteiger charge is -2.18. The SMILES string of the molecule is C#CCCC(COc1ccccc1)NCCC. The first-order chi connectivity index (χ1) is 8.36. The second-order valence-corrected chi connectivity index (χ2v) is 4.02. The lowest BCUT2D eigenvalue weighted by atomic mass is 10.1. The summed E-state index contributed by atoms with van der Waals surface area (Å²) in [5.41, 5.74) is 0. The van der Waals surface area contributed by atoms with Gasteiger partial charge in [-0.15, -0.1) is 12.3 Å². The molecule has 1 aromatic rings. The number of terminal acetylenes is 1. The number of hydrogen-bond acceptors (Lipinski definition) is 2. The molecule has 0 bridgehead atoms. The molecule has 0 saturated heterocycles. The zero-order valence-corrected chi connectivity index (χ0v) is 10.5. The summed E-state index contributed by atoms with van der Waals surface area (Å²) in [6.45, 7) is 3.84. The fourth-order valence-corrected chi connectivity index (χ4v) is 1.56. The van der Waals surface area contributed by atoms with Gasteiger partial charge in [0.15, 0.2) is 0 Å². The van der Waals surface area contributed by atoms with Gasteiger partial charge in [0.05, 0.1) is 0 Å². The van der Waals surface area contributed by atoms with E-state index in [0.717, 1.165) is 31.6 Å². The van der Waals surface area contributed by atoms with Gasteiger partial charge < -0.3 is 10.1 Å². The largest absolute Gasteiger partial charge is 0.492 e. The Morgan fingerprint density at radius 3 is 2.76 bits per heavy atom. The molecule has 0 saturated carbocycles. The Morgan fingerprint density at radius 1 is 1.35 bits per heavy atom. The number of para-hydroxylation sites is 1. The van der Waals surface area contributed by atoms with Gasteiger partial charge in [-0.1, -0.05) is 25.1 Å². The first-order valence-corrected chi connectivity index (χ1v) is 6.21. The molecule has 1 atom stereocenters. The van der Waals surface area contributed by atoms with Crippen molar-refractivity contribution >= 4 is 0 Å². The van der Waals surface area contributed by atoms with Crippen LogP contribution in [0.3, 0.4) is 0 Å². The van der Waals surface area contributed by atoms with Crippen LogP contribution in [0.5, 0.6) is 5.75 Å². The summed E-state index contributed by atoms with van der Waals surface area (Å²) in [5, 5.41) is 3.45. The van der Waals surface area contributed by atoms with Crippen molar-refractivity contribution in [3.05, 3.63) is 30.3 Å². The zero-order valence-electron chi connectivity index (χ0n) is 10.5. The highest BCUT2D eigenvalue weighted by Gasteiger charge is 2.07. The molecule has 0 aliphatic heterocycles. The van der Waals surface area contributed by atoms with Crippen molar-refractivity contribution in [2.45, 2.75) is 32.2 Å². The minimum Gasteiger partial charge on any atom is -0.492 e. The third-order valence-electron chi connectivity index (χ3n) is 2.51. The van der Waals surface area contributed by atoms with E-state index in [0.29, 0.717) is 12.6 Å². The first-order valence-electron chi connectivity index (χ1n) is 6.21. The van der Waals surface area contributed by atoms with Crippen LogP contribution in [0.2, 0.25) is 0 Å². The molecule has 2 heteroatoms. The molecule has 0 radical (unpaired) electrons. The summed E-state index contributed by atoms with van der Waals surface area (Å²) < 4.78 is 5.73. The van der Waals surface area contributed by atoms with Gasteiger partial charge >= 0.3 is 0 Å². The maximum atomic E-state index is 5.73. The summed E-state index contributed by atoms with van der Waals surface area (Å²) in [6, 6.07) is 10.2. The Hall–Kier alpha value is -1.46. The Bertz CT molecular complexity index is 329. The molecule has 17 heavy (non-hydrogen) atoms. The van der Waals surface area contributed by atoms with Crippen LogP contribution >= 0.6 is 0 Å². The molecule has 0 aliphatic carbocycles. The van der Waals surface area contributed by atoms with E-state index in [4.69, 9.17) is 11.2 Å². The molecular formula is C15H21NO. The molecule has 2 nitrogen and oxygen atoms in total. The number of rotatable bonds is 8. The van der Waals surface area contributed by atoms with Gasteiger partial charge in [-0.3, -0.25) is 0 Å². The fraction of sp³-hybridized carbons (Fsp3) is 0.467. The van der Waals surface area contributed by atoms with Crippen LogP contribution in [0, 0.1) is 12.3 Å². The third-order valence-corrected chi connectivity index (χ3v) is 2.51. The maximum absolute atomic E-state index is 5.73. The number of benzene rings is 1. The molecule has 0 heterocycles. The van der Waals surface area contributed by atoms with Crippen LogP contribution in [0.25, 0.3) is 0 Å². The van der Waals surface area contributed by atoms with Gasteiger partial charge in [-0.25, -0.2) is 0 Å². The van der Waals surface area contributed by atoms with Crippen LogP contribution in [0.1, 0.15) is 26.2 Å². The van der Waals surface area contributed by atoms with E-state index in [1.165, 1.54) is 0 Å². The van der Waals surface area contributed by atoms with E-state index in [2.05, 4.69) is 18.2 Å². The summed E-state index contributed by atoms with van der Waals surface area (Å²) in [5.74, 6) is 3.59. The summed E-state index contributed by atoms with van der Waals surface area (Å²) in [7, 11) is 0. The maximum Gasteiger partial charge on any atom is 0.119 e. The molecule has 92 valence electrons. The topological polar surface area (TPSA) is 21.3 Å². The Morgan fingerprint density at radius 2 is 2.12 bits per heavy atom. The molecule has 0 amide bonds. The average Bonchev–Trinajstić information content (AvgIpc) is 2.39. The van der Waals surface area contributed by atoms with Gasteiger partial charge in [0.25, 0.3) is 0 Å². The van der Waals surface area contributed by atoms with Crippen LogP contribution in [-0.2, 0) is 0 Å². The summed E-state index contributed by atoms with van der Waals surface area (Å²) >= 11 is 0. The molecule has 1 unspecified atom stereocenters. The molecule has 0 spiro atoms. The van der Waals surface area contributed by atoms with E-state index in [-0.39, 0.29) is 0 Å². The number of ether oxygens (including phenoxy) is 1. The van der Waals surface area contributed by atoms with Crippen LogP contribution in [0.15, 0.2) is 30.3 Å². The van der Waals surface area contributed by atoms with Crippen LogP contribution < -0.4 is 10.1 Å². The predicted octanol–water partition coefficient (Wildman–Crippen LogP) is 2.85. The van der Waals surface area contributed by atoms with Crippen molar-refractivity contribution in [3.63, 3.8) is 0 Å². The minimum atomic E-state index is 0.339. The van der Waals surface area contributed by atoms with Crippen molar-refractivity contribution in [1.82, 2.24) is 5.32 Å². The predicted molar refractivity (Wildman–Crippen MR) is 72.1 cm³/mol. The van der Waals surface area contributed by atoms with Gasteiger partial charge in [-0.05, 0) is 31.5 Å². The van der Waals surface area contributed by atoms with Gasteiger partial charge in [-0.2, -0.15) is 0 Å². The number of hydrogen-bond donors (Lipinski definition) is 1. The molecule has 0 aliphatic rings. The second kappa shape index (κ2) is 8.66. The highest BCUT2D eigenvalue weighted by atomic mass is 16.5. The van der Waals surface area contributed by atoms with Crippen molar-refractivity contribution in [1.29, 1.82) is 0 Å². The molecular weight excluding hydrogens is 210 g/mol. The van der Waals surface area contributed by atoms with Crippen LogP contribution in [0.4, 0.5) is 0 Å². The first kappa shape index (κ1) is 13.6. The minimum absolute atomic E-state index is 0.339. The quantitative estimate of drug-likeness (QED) is 0.695. The number of nitrogens with one attached hydrogen (secondary N) is 1. The fourth-order valence-electron chi connectivity index (χ4n) is 1.56. The monoisotopic (exact) mass is 231 g/mol. The molecule has 1 N–H and O–H groups in total. The van der Waals surface area contributed by atoms with E-state index >= 15 is 0 Å². The van der Waals surface area contributed by atoms with E-state index in [1.807, 2.05) is 30.3 Å². The van der Waals surface area contributed by atoms with E-state index in [9.17, 15) is 0 Å². The van der Waals surface area contributed by atoms with Gasteiger partial charge in [0.1, 0.15) is 12.4 Å². The lowest BCUT2D eigenvalue weighted by molar-refractivity contribution is 0.258. The Kier molecular flexibility index (Phi) is 6.93. The molecule has 1 rings (SSSR count).